The first-order valence-electron chi connectivity index (χ1n) is 6.71. The average Bonchev–Trinajstić information content (AvgIpc) is 2.51. The molecule has 0 fully saturated rings. The van der Waals surface area contributed by atoms with Crippen LogP contribution in [0.5, 0.6) is 11.5 Å². The molecule has 0 spiro atoms. The number of halogens is 1. The van der Waals surface area contributed by atoms with Crippen LogP contribution in [0.25, 0.3) is 0 Å². The van der Waals surface area contributed by atoms with Gasteiger partial charge < -0.3 is 9.47 Å². The van der Waals surface area contributed by atoms with E-state index in [-0.39, 0.29) is 0 Å². The quantitative estimate of drug-likeness (QED) is 0.744. The molecule has 0 amide bonds. The molecule has 0 saturated heterocycles. The Labute approximate surface area is 129 Å². The topological polar surface area (TPSA) is 42.2 Å². The fraction of sp³-hybridized carbons (Fsp3) is 0.235. The molecule has 0 heterocycles. The van der Waals surface area contributed by atoms with Crippen molar-refractivity contribution in [2.24, 2.45) is 0 Å². The highest BCUT2D eigenvalue weighted by Gasteiger charge is 2.01. The summed E-state index contributed by atoms with van der Waals surface area (Å²) in [6.07, 6.45) is 0.754. The molecule has 2 aromatic carbocycles. The lowest BCUT2D eigenvalue weighted by molar-refractivity contribution is 0.247. The fourth-order valence-electron chi connectivity index (χ4n) is 1.78. The summed E-state index contributed by atoms with van der Waals surface area (Å²) < 4.78 is 11.2. The van der Waals surface area contributed by atoms with Crippen molar-refractivity contribution in [3.05, 3.63) is 58.6 Å². The predicted molar refractivity (Wildman–Crippen MR) is 83.0 cm³/mol. The zero-order chi connectivity index (χ0) is 15.1. The maximum Gasteiger partial charge on any atom is 0.138 e. The van der Waals surface area contributed by atoms with Gasteiger partial charge in [0.1, 0.15) is 11.5 Å². The second-order valence-corrected chi connectivity index (χ2v) is 5.03. The normalized spacial score (nSPS) is 9.95. The van der Waals surface area contributed by atoms with Crippen molar-refractivity contribution in [3.63, 3.8) is 0 Å². The Morgan fingerprint density at radius 2 is 1.76 bits per heavy atom. The first kappa shape index (κ1) is 15.2. The molecule has 0 N–H and O–H groups in total. The van der Waals surface area contributed by atoms with Crippen LogP contribution in [-0.2, 0) is 0 Å². The van der Waals surface area contributed by atoms with Crippen LogP contribution in [0.2, 0.25) is 5.02 Å². The molecule has 0 unspecified atom stereocenters. The van der Waals surface area contributed by atoms with Crippen LogP contribution in [0.15, 0.2) is 42.5 Å². The lowest BCUT2D eigenvalue weighted by Crippen LogP contribution is -2.05. The lowest BCUT2D eigenvalue weighted by Gasteiger charge is -2.09. The molecular formula is C17H16ClNO2. The number of nitriles is 1. The summed E-state index contributed by atoms with van der Waals surface area (Å²) in [6, 6.07) is 14.8. The summed E-state index contributed by atoms with van der Waals surface area (Å²) in [5.41, 5.74) is 1.74. The molecule has 0 saturated carbocycles. The average molecular weight is 302 g/mol. The van der Waals surface area contributed by atoms with Crippen molar-refractivity contribution in [2.45, 2.75) is 13.3 Å². The van der Waals surface area contributed by atoms with Crippen LogP contribution >= 0.6 is 11.6 Å². The second-order valence-electron chi connectivity index (χ2n) is 4.62. The van der Waals surface area contributed by atoms with Crippen molar-refractivity contribution in [2.75, 3.05) is 13.2 Å². The summed E-state index contributed by atoms with van der Waals surface area (Å²) in [4.78, 5) is 0. The van der Waals surface area contributed by atoms with Gasteiger partial charge in [-0.2, -0.15) is 5.26 Å². The van der Waals surface area contributed by atoms with E-state index in [0.717, 1.165) is 17.7 Å². The third-order valence-electron chi connectivity index (χ3n) is 2.89. The van der Waals surface area contributed by atoms with E-state index in [0.29, 0.717) is 29.5 Å². The van der Waals surface area contributed by atoms with Crippen LogP contribution in [-0.4, -0.2) is 13.2 Å². The van der Waals surface area contributed by atoms with Crippen LogP contribution in [0, 0.1) is 18.3 Å². The monoisotopic (exact) mass is 301 g/mol. The minimum absolute atomic E-state index is 0.541. The number of benzene rings is 2. The Hall–Kier alpha value is -2.18. The highest BCUT2D eigenvalue weighted by Crippen LogP contribution is 2.25. The molecule has 0 aliphatic rings. The van der Waals surface area contributed by atoms with E-state index in [1.54, 1.807) is 24.3 Å². The Bertz CT molecular complexity index is 632. The summed E-state index contributed by atoms with van der Waals surface area (Å²) in [5, 5.41) is 9.33. The van der Waals surface area contributed by atoms with Gasteiger partial charge in [0.2, 0.25) is 0 Å². The first-order chi connectivity index (χ1) is 10.2. The minimum atomic E-state index is 0.541. The number of rotatable bonds is 6. The van der Waals surface area contributed by atoms with E-state index in [1.165, 1.54) is 0 Å². The summed E-state index contributed by atoms with van der Waals surface area (Å²) in [6.45, 7) is 3.09. The first-order valence-corrected chi connectivity index (χ1v) is 7.09. The van der Waals surface area contributed by atoms with Crippen molar-refractivity contribution in [1.29, 1.82) is 5.26 Å². The molecule has 21 heavy (non-hydrogen) atoms. The fourth-order valence-corrected chi connectivity index (χ4v) is 1.95. The van der Waals surface area contributed by atoms with Crippen molar-refractivity contribution < 1.29 is 9.47 Å². The van der Waals surface area contributed by atoms with Gasteiger partial charge in [0.15, 0.2) is 0 Å². The Morgan fingerprint density at radius 1 is 1.05 bits per heavy atom. The van der Waals surface area contributed by atoms with Gasteiger partial charge in [0.05, 0.1) is 29.9 Å². The molecule has 0 aliphatic heterocycles. The van der Waals surface area contributed by atoms with Crippen molar-refractivity contribution in [1.82, 2.24) is 0 Å². The molecule has 0 aliphatic carbocycles. The molecule has 0 atom stereocenters. The Morgan fingerprint density at radius 3 is 2.48 bits per heavy atom. The smallest absolute Gasteiger partial charge is 0.138 e. The highest BCUT2D eigenvalue weighted by molar-refractivity contribution is 6.32. The number of hydrogen-bond donors (Lipinski definition) is 0. The van der Waals surface area contributed by atoms with E-state index in [1.807, 2.05) is 25.1 Å². The van der Waals surface area contributed by atoms with E-state index < -0.39 is 0 Å². The largest absolute Gasteiger partial charge is 0.493 e. The van der Waals surface area contributed by atoms with Gasteiger partial charge in [-0.1, -0.05) is 17.7 Å². The summed E-state index contributed by atoms with van der Waals surface area (Å²) in [7, 11) is 0. The molecular weight excluding hydrogens is 286 g/mol. The SMILES string of the molecule is Cc1ccc(Cl)c(OCCCOc2ccc(C#N)cc2)c1. The van der Waals surface area contributed by atoms with Gasteiger partial charge in [-0.25, -0.2) is 0 Å². The van der Waals surface area contributed by atoms with E-state index in [9.17, 15) is 0 Å². The second kappa shape index (κ2) is 7.56. The van der Waals surface area contributed by atoms with Crippen LogP contribution in [0.1, 0.15) is 17.5 Å². The highest BCUT2D eigenvalue weighted by atomic mass is 35.5. The minimum Gasteiger partial charge on any atom is -0.493 e. The van der Waals surface area contributed by atoms with Gasteiger partial charge in [0, 0.05) is 6.42 Å². The molecule has 2 rings (SSSR count). The van der Waals surface area contributed by atoms with Gasteiger partial charge in [-0.3, -0.25) is 0 Å². The molecule has 108 valence electrons. The van der Waals surface area contributed by atoms with Gasteiger partial charge in [-0.15, -0.1) is 0 Å². The molecule has 0 aromatic heterocycles. The third kappa shape index (κ3) is 4.70. The lowest BCUT2D eigenvalue weighted by atomic mass is 10.2. The Balaban J connectivity index is 1.72. The van der Waals surface area contributed by atoms with E-state index in [2.05, 4.69) is 6.07 Å². The Kier molecular flexibility index (Phi) is 5.48. The summed E-state index contributed by atoms with van der Waals surface area (Å²) in [5.74, 6) is 1.46. The number of aryl methyl sites for hydroxylation is 1. The standard InChI is InChI=1S/C17H16ClNO2/c1-13-3-8-16(18)17(11-13)21-10-2-9-20-15-6-4-14(12-19)5-7-15/h3-8,11H,2,9-10H2,1H3. The zero-order valence-electron chi connectivity index (χ0n) is 11.8. The molecule has 0 bridgehead atoms. The predicted octanol–water partition coefficient (Wildman–Crippen LogP) is 4.37. The third-order valence-corrected chi connectivity index (χ3v) is 3.20. The maximum absolute atomic E-state index is 8.71. The van der Waals surface area contributed by atoms with E-state index in [4.69, 9.17) is 26.3 Å². The van der Waals surface area contributed by atoms with E-state index >= 15 is 0 Å². The zero-order valence-corrected chi connectivity index (χ0v) is 12.6. The van der Waals surface area contributed by atoms with Crippen LogP contribution in [0.3, 0.4) is 0 Å². The van der Waals surface area contributed by atoms with Crippen molar-refractivity contribution >= 4 is 11.6 Å². The molecule has 0 radical (unpaired) electrons. The van der Waals surface area contributed by atoms with Gasteiger partial charge in [-0.05, 0) is 48.9 Å². The molecule has 2 aromatic rings. The summed E-state index contributed by atoms with van der Waals surface area (Å²) >= 11 is 6.05. The van der Waals surface area contributed by atoms with Crippen molar-refractivity contribution in [3.8, 4) is 17.6 Å². The number of hydrogen-bond acceptors (Lipinski definition) is 3. The van der Waals surface area contributed by atoms with Crippen LogP contribution < -0.4 is 9.47 Å². The molecule has 3 nitrogen and oxygen atoms in total. The maximum atomic E-state index is 8.71. The van der Waals surface area contributed by atoms with Gasteiger partial charge in [0.25, 0.3) is 0 Å². The van der Waals surface area contributed by atoms with Crippen LogP contribution in [0.4, 0.5) is 0 Å². The van der Waals surface area contributed by atoms with Gasteiger partial charge >= 0.3 is 0 Å². The number of nitrogens with zero attached hydrogens (tertiary/aromatic N) is 1. The molecule has 4 heteroatoms. The number of ether oxygens (including phenoxy) is 2.